The molecule has 4 aromatic rings. The third-order valence-electron chi connectivity index (χ3n) is 6.83. The van der Waals surface area contributed by atoms with Crippen molar-refractivity contribution in [1.82, 2.24) is 14.9 Å². The summed E-state index contributed by atoms with van der Waals surface area (Å²) in [5.74, 6) is -0.309. The predicted octanol–water partition coefficient (Wildman–Crippen LogP) is 5.90. The summed E-state index contributed by atoms with van der Waals surface area (Å²) in [6, 6.07) is 16.4. The lowest BCUT2D eigenvalue weighted by Crippen LogP contribution is -2.17. The van der Waals surface area contributed by atoms with Crippen molar-refractivity contribution in [2.24, 2.45) is 0 Å². The summed E-state index contributed by atoms with van der Waals surface area (Å²) >= 11 is 0. The van der Waals surface area contributed by atoms with Crippen LogP contribution in [0.4, 0.5) is 21.7 Å². The predicted molar refractivity (Wildman–Crippen MR) is 152 cm³/mol. The van der Waals surface area contributed by atoms with E-state index < -0.39 is 11.7 Å². The highest BCUT2D eigenvalue weighted by Gasteiger charge is 2.25. The Labute approximate surface area is 222 Å². The molecule has 1 fully saturated rings. The van der Waals surface area contributed by atoms with Crippen LogP contribution in [0.5, 0.6) is 0 Å². The minimum absolute atomic E-state index is 0.00934. The number of halogens is 1. The first-order valence-corrected chi connectivity index (χ1v) is 13.0. The Bertz CT molecular complexity index is 1470. The molecule has 1 aromatic heterocycles. The van der Waals surface area contributed by atoms with Gasteiger partial charge in [0.1, 0.15) is 5.82 Å². The molecule has 0 unspecified atom stereocenters. The van der Waals surface area contributed by atoms with Gasteiger partial charge >= 0.3 is 0 Å². The topological polar surface area (TPSA) is 96.2 Å². The number of nitrogens with two attached hydrogens (primary N) is 1. The number of unbranched alkanes of at least 4 members (excludes halogenated alkanes) is 1. The molecule has 7 nitrogen and oxygen atoms in total. The van der Waals surface area contributed by atoms with Gasteiger partial charge in [-0.15, -0.1) is 0 Å². The maximum Gasteiger partial charge on any atom is 0.258 e. The number of rotatable bonds is 10. The fraction of sp³-hybridized carbons (Fsp3) is 0.300. The quantitative estimate of drug-likeness (QED) is 0.229. The van der Waals surface area contributed by atoms with Gasteiger partial charge in [-0.25, -0.2) is 14.4 Å². The fourth-order valence-electron chi connectivity index (χ4n) is 4.56. The Kier molecular flexibility index (Phi) is 7.51. The van der Waals surface area contributed by atoms with Crippen LogP contribution in [0.25, 0.3) is 22.0 Å². The van der Waals surface area contributed by atoms with Gasteiger partial charge in [-0.2, -0.15) is 0 Å². The van der Waals surface area contributed by atoms with Crippen LogP contribution in [-0.2, 0) is 0 Å². The highest BCUT2D eigenvalue weighted by atomic mass is 19.1. The molecule has 1 amide bonds. The highest BCUT2D eigenvalue weighted by Crippen LogP contribution is 2.42. The number of nitrogen functional groups attached to an aromatic ring is 1. The lowest BCUT2D eigenvalue weighted by molar-refractivity contribution is 0.102. The molecule has 0 aliphatic heterocycles. The van der Waals surface area contributed by atoms with Gasteiger partial charge < -0.3 is 21.3 Å². The van der Waals surface area contributed by atoms with Gasteiger partial charge in [0.2, 0.25) is 5.95 Å². The first-order chi connectivity index (χ1) is 18.4. The van der Waals surface area contributed by atoms with E-state index in [1.54, 1.807) is 18.3 Å². The van der Waals surface area contributed by atoms with Crippen molar-refractivity contribution in [3.05, 3.63) is 77.7 Å². The smallest absolute Gasteiger partial charge is 0.258 e. The molecule has 38 heavy (non-hydrogen) atoms. The third kappa shape index (κ3) is 6.08. The van der Waals surface area contributed by atoms with Gasteiger partial charge in [-0.05, 0) is 105 Å². The Morgan fingerprint density at radius 3 is 2.61 bits per heavy atom. The molecule has 0 radical (unpaired) electrons. The summed E-state index contributed by atoms with van der Waals surface area (Å²) in [6.07, 6.45) is 6.06. The van der Waals surface area contributed by atoms with Crippen LogP contribution in [-0.4, -0.2) is 48.0 Å². The Morgan fingerprint density at radius 2 is 1.82 bits per heavy atom. The average Bonchev–Trinajstić information content (AvgIpc) is 3.74. The highest BCUT2D eigenvalue weighted by molar-refractivity contribution is 6.07. The van der Waals surface area contributed by atoms with Gasteiger partial charge in [0.25, 0.3) is 5.91 Å². The lowest BCUT2D eigenvalue weighted by atomic mass is 10.0. The Morgan fingerprint density at radius 1 is 1.03 bits per heavy atom. The van der Waals surface area contributed by atoms with Crippen LogP contribution in [0.15, 0.2) is 60.8 Å². The molecule has 1 aliphatic rings. The molecule has 4 N–H and O–H groups in total. The minimum Gasteiger partial charge on any atom is -0.383 e. The molecule has 1 saturated carbocycles. The maximum absolute atomic E-state index is 14.9. The zero-order valence-electron chi connectivity index (χ0n) is 21.8. The van der Waals surface area contributed by atoms with E-state index in [1.807, 2.05) is 30.3 Å². The molecule has 0 atom stereocenters. The van der Waals surface area contributed by atoms with E-state index in [0.29, 0.717) is 11.6 Å². The van der Waals surface area contributed by atoms with Crippen LogP contribution in [0.2, 0.25) is 0 Å². The second kappa shape index (κ2) is 11.1. The number of anilines is 3. The zero-order valence-corrected chi connectivity index (χ0v) is 21.8. The summed E-state index contributed by atoms with van der Waals surface area (Å²) in [4.78, 5) is 23.8. The molecule has 8 heteroatoms. The second-order valence-electron chi connectivity index (χ2n) is 10.2. The number of hydrogen-bond acceptors (Lipinski definition) is 6. The monoisotopic (exact) mass is 512 g/mol. The summed E-state index contributed by atoms with van der Waals surface area (Å²) in [5.41, 5.74) is 10.7. The van der Waals surface area contributed by atoms with Gasteiger partial charge in [-0.3, -0.25) is 4.79 Å². The number of carbonyl (C=O) groups excluding carboxylic acids is 1. The summed E-state index contributed by atoms with van der Waals surface area (Å²) in [6.45, 7) is 1.82. The van der Waals surface area contributed by atoms with Crippen molar-refractivity contribution in [3.63, 3.8) is 0 Å². The van der Waals surface area contributed by atoms with E-state index >= 15 is 0 Å². The molecule has 0 saturated heterocycles. The van der Waals surface area contributed by atoms with Crippen LogP contribution in [0.1, 0.15) is 47.5 Å². The first kappa shape index (κ1) is 25.6. The van der Waals surface area contributed by atoms with Crippen molar-refractivity contribution in [3.8, 4) is 11.1 Å². The standard InChI is InChI=1S/C30H33FN6O/c1-37(2)14-4-3-13-33-27-12-9-22(19-5-6-19)17-28(27)35-29(38)24-16-21(7-10-25(24)31)20-8-11-26-23(15-20)18-34-30(32)36-26/h7-12,15-19,33H,3-6,13-14H2,1-2H3,(H,35,38)(H2,32,34,36). The number of nitrogens with one attached hydrogen (secondary N) is 2. The van der Waals surface area contributed by atoms with Gasteiger partial charge in [0.05, 0.1) is 22.5 Å². The SMILES string of the molecule is CN(C)CCCCNc1ccc(C2CC2)cc1NC(=O)c1cc(-c2ccc3nc(N)ncc3c2)ccc1F. The molecule has 1 aliphatic carbocycles. The maximum atomic E-state index is 14.9. The molecule has 5 rings (SSSR count). The zero-order chi connectivity index (χ0) is 26.6. The molecule has 0 bridgehead atoms. The van der Waals surface area contributed by atoms with E-state index in [2.05, 4.69) is 45.7 Å². The average molecular weight is 513 g/mol. The van der Waals surface area contributed by atoms with E-state index in [1.165, 1.54) is 11.6 Å². The van der Waals surface area contributed by atoms with E-state index in [4.69, 9.17) is 5.73 Å². The van der Waals surface area contributed by atoms with Crippen LogP contribution < -0.4 is 16.4 Å². The summed E-state index contributed by atoms with van der Waals surface area (Å²) < 4.78 is 14.9. The van der Waals surface area contributed by atoms with Crippen molar-refractivity contribution in [2.75, 3.05) is 43.6 Å². The van der Waals surface area contributed by atoms with Gasteiger partial charge in [0.15, 0.2) is 0 Å². The second-order valence-corrected chi connectivity index (χ2v) is 10.2. The van der Waals surface area contributed by atoms with Crippen molar-refractivity contribution >= 4 is 34.1 Å². The number of benzene rings is 3. The lowest BCUT2D eigenvalue weighted by Gasteiger charge is -2.16. The largest absolute Gasteiger partial charge is 0.383 e. The van der Waals surface area contributed by atoms with Crippen molar-refractivity contribution in [2.45, 2.75) is 31.6 Å². The fourth-order valence-corrected chi connectivity index (χ4v) is 4.56. The number of nitrogens with zero attached hydrogens (tertiary/aromatic N) is 3. The van der Waals surface area contributed by atoms with Crippen LogP contribution in [0, 0.1) is 5.82 Å². The number of aromatic nitrogens is 2. The molecule has 0 spiro atoms. The van der Waals surface area contributed by atoms with E-state index in [0.717, 1.165) is 66.5 Å². The molecule has 3 aromatic carbocycles. The molecule has 1 heterocycles. The van der Waals surface area contributed by atoms with E-state index in [-0.39, 0.29) is 11.5 Å². The molecular weight excluding hydrogens is 479 g/mol. The normalized spacial score (nSPS) is 13.2. The molecule has 196 valence electrons. The van der Waals surface area contributed by atoms with Crippen LogP contribution in [0.3, 0.4) is 0 Å². The number of hydrogen-bond donors (Lipinski definition) is 3. The Balaban J connectivity index is 1.37. The number of amides is 1. The number of fused-ring (bicyclic) bond motifs is 1. The van der Waals surface area contributed by atoms with Crippen molar-refractivity contribution in [1.29, 1.82) is 0 Å². The number of carbonyl (C=O) groups is 1. The Hall–Kier alpha value is -4.04. The van der Waals surface area contributed by atoms with Crippen LogP contribution >= 0.6 is 0 Å². The first-order valence-electron chi connectivity index (χ1n) is 13.0. The molecular formula is C30H33FN6O. The van der Waals surface area contributed by atoms with Gasteiger partial charge in [-0.1, -0.05) is 18.2 Å². The summed E-state index contributed by atoms with van der Waals surface area (Å²) in [7, 11) is 4.13. The van der Waals surface area contributed by atoms with E-state index in [9.17, 15) is 9.18 Å². The summed E-state index contributed by atoms with van der Waals surface area (Å²) in [5, 5.41) is 7.25. The van der Waals surface area contributed by atoms with Gasteiger partial charge in [0, 0.05) is 18.1 Å². The third-order valence-corrected chi connectivity index (χ3v) is 6.83. The van der Waals surface area contributed by atoms with Crippen molar-refractivity contribution < 1.29 is 9.18 Å². The minimum atomic E-state index is -0.570.